The highest BCUT2D eigenvalue weighted by Gasteiger charge is 2.26. The molecule has 0 aromatic heterocycles. The van der Waals surface area contributed by atoms with E-state index in [2.05, 4.69) is 15.6 Å². The lowest BCUT2D eigenvalue weighted by Gasteiger charge is -2.30. The Morgan fingerprint density at radius 2 is 2.24 bits per heavy atom. The number of hydrogen-bond donors (Lipinski definition) is 2. The van der Waals surface area contributed by atoms with Crippen LogP contribution in [-0.2, 0) is 17.3 Å². The molecule has 1 aromatic carbocycles. The zero-order valence-electron chi connectivity index (χ0n) is 14.7. The fourth-order valence-electron chi connectivity index (χ4n) is 3.10. The van der Waals surface area contributed by atoms with Crippen molar-refractivity contribution in [3.63, 3.8) is 0 Å². The van der Waals surface area contributed by atoms with E-state index < -0.39 is 15.7 Å². The van der Waals surface area contributed by atoms with E-state index in [1.807, 2.05) is 13.0 Å². The maximum atomic E-state index is 12.0. The molecule has 3 unspecified atom stereocenters. The Morgan fingerprint density at radius 3 is 2.92 bits per heavy atom. The fourth-order valence-corrected chi connectivity index (χ4v) is 4.45. The number of non-ortho nitro benzene ring substituents is 1. The average molecular weight is 366 g/mol. The first-order valence-corrected chi connectivity index (χ1v) is 9.99. The molecule has 0 radical (unpaired) electrons. The summed E-state index contributed by atoms with van der Waals surface area (Å²) in [4.78, 5) is 14.7. The molecule has 2 rings (SSSR count). The van der Waals surface area contributed by atoms with Crippen molar-refractivity contribution in [2.45, 2.75) is 50.4 Å². The molecule has 1 aromatic rings. The molecular formula is C17H26N4O3S. The minimum atomic E-state index is -0.756. The molecule has 7 nitrogen and oxygen atoms in total. The lowest BCUT2D eigenvalue weighted by atomic mass is 9.95. The molecule has 138 valence electrons. The molecule has 0 heterocycles. The van der Waals surface area contributed by atoms with E-state index in [0.717, 1.165) is 31.2 Å². The van der Waals surface area contributed by atoms with Gasteiger partial charge in [-0.15, -0.1) is 0 Å². The van der Waals surface area contributed by atoms with Gasteiger partial charge in [-0.2, -0.15) is 0 Å². The molecular weight excluding hydrogens is 340 g/mol. The highest BCUT2D eigenvalue weighted by Crippen LogP contribution is 2.23. The van der Waals surface area contributed by atoms with E-state index in [1.165, 1.54) is 6.07 Å². The summed E-state index contributed by atoms with van der Waals surface area (Å²) in [6, 6.07) is 6.81. The van der Waals surface area contributed by atoms with Crippen LogP contribution in [0.15, 0.2) is 29.3 Å². The summed E-state index contributed by atoms with van der Waals surface area (Å²) in [6.45, 7) is 2.42. The predicted molar refractivity (Wildman–Crippen MR) is 101 cm³/mol. The smallest absolute Gasteiger partial charge is 0.269 e. The fraction of sp³-hybridized carbons (Fsp3) is 0.588. The van der Waals surface area contributed by atoms with Crippen LogP contribution in [0.4, 0.5) is 5.69 Å². The highest BCUT2D eigenvalue weighted by molar-refractivity contribution is 7.85. The summed E-state index contributed by atoms with van der Waals surface area (Å²) in [5.74, 6) is 1.37. The van der Waals surface area contributed by atoms with E-state index in [0.29, 0.717) is 18.3 Å². The Bertz CT molecular complexity index is 651. The van der Waals surface area contributed by atoms with Crippen LogP contribution >= 0.6 is 0 Å². The Kier molecular flexibility index (Phi) is 7.36. The second-order valence-electron chi connectivity index (χ2n) is 6.15. The zero-order chi connectivity index (χ0) is 18.2. The van der Waals surface area contributed by atoms with Gasteiger partial charge in [-0.05, 0) is 24.8 Å². The summed E-state index contributed by atoms with van der Waals surface area (Å²) in [7, 11) is 0.946. The van der Waals surface area contributed by atoms with Gasteiger partial charge in [0.05, 0.1) is 4.92 Å². The monoisotopic (exact) mass is 366 g/mol. The van der Waals surface area contributed by atoms with Gasteiger partial charge in [0.15, 0.2) is 5.96 Å². The van der Waals surface area contributed by atoms with Crippen LogP contribution in [0.25, 0.3) is 0 Å². The van der Waals surface area contributed by atoms with Gasteiger partial charge in [0, 0.05) is 53.6 Å². The van der Waals surface area contributed by atoms with Crippen molar-refractivity contribution in [3.05, 3.63) is 39.9 Å². The van der Waals surface area contributed by atoms with Gasteiger partial charge >= 0.3 is 0 Å². The second kappa shape index (κ2) is 9.50. The molecule has 1 aliphatic rings. The van der Waals surface area contributed by atoms with Crippen LogP contribution in [0.1, 0.15) is 38.2 Å². The Labute approximate surface area is 150 Å². The minimum Gasteiger partial charge on any atom is -0.354 e. The largest absolute Gasteiger partial charge is 0.354 e. The maximum absolute atomic E-state index is 12.0. The summed E-state index contributed by atoms with van der Waals surface area (Å²) in [5, 5.41) is 17.7. The molecule has 0 amide bonds. The number of nitrogens with zero attached hydrogens (tertiary/aromatic N) is 2. The molecule has 3 atom stereocenters. The third-order valence-electron chi connectivity index (χ3n) is 4.43. The minimum absolute atomic E-state index is 0.0828. The first-order chi connectivity index (χ1) is 12.0. The van der Waals surface area contributed by atoms with Crippen molar-refractivity contribution in [2.24, 2.45) is 4.99 Å². The number of aliphatic imine (C=N–C) groups is 1. The maximum Gasteiger partial charge on any atom is 0.269 e. The molecule has 1 aliphatic carbocycles. The van der Waals surface area contributed by atoms with Crippen molar-refractivity contribution >= 4 is 22.4 Å². The van der Waals surface area contributed by atoms with Gasteiger partial charge in [-0.3, -0.25) is 19.3 Å². The molecule has 0 spiro atoms. The van der Waals surface area contributed by atoms with Crippen molar-refractivity contribution in [2.75, 3.05) is 12.8 Å². The number of hydrogen-bond acceptors (Lipinski definition) is 4. The van der Waals surface area contributed by atoms with Gasteiger partial charge in [-0.1, -0.05) is 25.5 Å². The van der Waals surface area contributed by atoms with Crippen LogP contribution in [0.2, 0.25) is 0 Å². The lowest BCUT2D eigenvalue weighted by molar-refractivity contribution is -0.384. The number of guanidine groups is 1. The third kappa shape index (κ3) is 5.81. The molecule has 1 fully saturated rings. The van der Waals surface area contributed by atoms with Crippen molar-refractivity contribution < 1.29 is 9.13 Å². The van der Waals surface area contributed by atoms with Crippen LogP contribution in [0.3, 0.4) is 0 Å². The molecule has 1 saturated carbocycles. The van der Waals surface area contributed by atoms with E-state index in [4.69, 9.17) is 0 Å². The average Bonchev–Trinajstić information content (AvgIpc) is 2.64. The number of nitrogens with one attached hydrogen (secondary N) is 2. The first kappa shape index (κ1) is 19.4. The summed E-state index contributed by atoms with van der Waals surface area (Å²) in [5.41, 5.74) is 0.908. The highest BCUT2D eigenvalue weighted by atomic mass is 32.2. The number of benzene rings is 1. The van der Waals surface area contributed by atoms with E-state index >= 15 is 0 Å². The summed E-state index contributed by atoms with van der Waals surface area (Å²) in [6.07, 6.45) is 4.02. The van der Waals surface area contributed by atoms with E-state index in [1.54, 1.807) is 19.2 Å². The number of nitro benzene ring substituents is 1. The van der Waals surface area contributed by atoms with Crippen LogP contribution in [0, 0.1) is 10.1 Å². The number of rotatable bonds is 6. The summed E-state index contributed by atoms with van der Waals surface area (Å²) >= 11 is 0. The standard InChI is InChI=1S/C17H26N4O3S/c1-3-25(24)16-9-5-7-14(11-16)20-17(18-2)19-12-13-6-4-8-15(10-13)21(22)23/h4,6,8,10,14,16H,3,5,7,9,11-12H2,1-2H3,(H2,18,19,20). The molecule has 2 N–H and O–H groups in total. The third-order valence-corrected chi connectivity index (χ3v) is 6.17. The van der Waals surface area contributed by atoms with Gasteiger partial charge in [0.25, 0.3) is 5.69 Å². The topological polar surface area (TPSA) is 96.6 Å². The summed E-state index contributed by atoms with van der Waals surface area (Å²) < 4.78 is 12.0. The Morgan fingerprint density at radius 1 is 1.44 bits per heavy atom. The normalized spacial score (nSPS) is 22.2. The Balaban J connectivity index is 1.89. The first-order valence-electron chi connectivity index (χ1n) is 8.61. The van der Waals surface area contributed by atoms with Crippen molar-refractivity contribution in [3.8, 4) is 0 Å². The van der Waals surface area contributed by atoms with Crippen LogP contribution < -0.4 is 10.6 Å². The van der Waals surface area contributed by atoms with Crippen LogP contribution in [-0.4, -0.2) is 39.2 Å². The Hall–Kier alpha value is -1.96. The SMILES string of the molecule is CCS(=O)C1CCCC(NC(=NC)NCc2cccc([N+](=O)[O-])c2)C1. The molecule has 0 saturated heterocycles. The van der Waals surface area contributed by atoms with Crippen LogP contribution in [0.5, 0.6) is 0 Å². The molecule has 0 bridgehead atoms. The van der Waals surface area contributed by atoms with Crippen molar-refractivity contribution in [1.82, 2.24) is 10.6 Å². The van der Waals surface area contributed by atoms with E-state index in [9.17, 15) is 14.3 Å². The van der Waals surface area contributed by atoms with Gasteiger partial charge in [0.1, 0.15) is 0 Å². The molecule has 0 aliphatic heterocycles. The van der Waals surface area contributed by atoms with E-state index in [-0.39, 0.29) is 17.0 Å². The zero-order valence-corrected chi connectivity index (χ0v) is 15.6. The van der Waals surface area contributed by atoms with Gasteiger partial charge in [-0.25, -0.2) is 0 Å². The lowest BCUT2D eigenvalue weighted by Crippen LogP contribution is -2.46. The second-order valence-corrected chi connectivity index (χ2v) is 8.16. The quantitative estimate of drug-likeness (QED) is 0.349. The predicted octanol–water partition coefficient (Wildman–Crippen LogP) is 2.34. The number of nitro groups is 1. The molecule has 25 heavy (non-hydrogen) atoms. The van der Waals surface area contributed by atoms with Gasteiger partial charge in [0.2, 0.25) is 0 Å². The molecule has 8 heteroatoms. The van der Waals surface area contributed by atoms with Crippen molar-refractivity contribution in [1.29, 1.82) is 0 Å². The van der Waals surface area contributed by atoms with Gasteiger partial charge < -0.3 is 10.6 Å².